The van der Waals surface area contributed by atoms with Gasteiger partial charge < -0.3 is 4.74 Å². The first-order valence-electron chi connectivity index (χ1n) is 5.21. The minimum absolute atomic E-state index is 0.674. The predicted molar refractivity (Wildman–Crippen MR) is 73.5 cm³/mol. The molecule has 0 aliphatic heterocycles. The fraction of sp³-hybridized carbons (Fsp3) is 0.385. The van der Waals surface area contributed by atoms with Gasteiger partial charge in [-0.1, -0.05) is 27.6 Å². The fourth-order valence-electron chi connectivity index (χ4n) is 1.56. The lowest BCUT2D eigenvalue weighted by atomic mass is 10.0. The molecule has 0 aliphatic carbocycles. The Morgan fingerprint density at radius 3 is 2.88 bits per heavy atom. The molecule has 1 aromatic carbocycles. The lowest BCUT2D eigenvalue weighted by molar-refractivity contribution is 0.410. The van der Waals surface area contributed by atoms with Crippen molar-refractivity contribution in [2.45, 2.75) is 19.8 Å². The van der Waals surface area contributed by atoms with Crippen molar-refractivity contribution in [1.82, 2.24) is 0 Å². The SMILES string of the molecule is COc1ccc(Br)cc1CC(C)=CCCCl. The van der Waals surface area contributed by atoms with Crippen molar-refractivity contribution in [3.8, 4) is 5.75 Å². The topological polar surface area (TPSA) is 9.23 Å². The molecule has 1 aromatic rings. The number of alkyl halides is 1. The first kappa shape index (κ1) is 13.6. The standard InChI is InChI=1S/C13H16BrClO/c1-10(4-3-7-15)8-11-9-12(14)5-6-13(11)16-2/h4-6,9H,3,7-8H2,1-2H3. The molecule has 0 aliphatic rings. The summed E-state index contributed by atoms with van der Waals surface area (Å²) in [4.78, 5) is 0. The van der Waals surface area contributed by atoms with Crippen LogP contribution in [0.5, 0.6) is 5.75 Å². The van der Waals surface area contributed by atoms with Crippen molar-refractivity contribution < 1.29 is 4.74 Å². The summed E-state index contributed by atoms with van der Waals surface area (Å²) in [6.07, 6.45) is 4.00. The number of hydrogen-bond donors (Lipinski definition) is 0. The van der Waals surface area contributed by atoms with E-state index in [1.807, 2.05) is 12.1 Å². The molecule has 0 saturated heterocycles. The Kier molecular flexibility index (Phi) is 5.93. The van der Waals surface area contributed by atoms with Crippen LogP contribution in [0.25, 0.3) is 0 Å². The summed E-state index contributed by atoms with van der Waals surface area (Å²) < 4.78 is 6.41. The Hall–Kier alpha value is -0.470. The van der Waals surface area contributed by atoms with E-state index in [1.54, 1.807) is 7.11 Å². The second kappa shape index (κ2) is 6.97. The highest BCUT2D eigenvalue weighted by molar-refractivity contribution is 9.10. The van der Waals surface area contributed by atoms with E-state index in [-0.39, 0.29) is 0 Å². The molecule has 0 N–H and O–H groups in total. The minimum atomic E-state index is 0.674. The van der Waals surface area contributed by atoms with Gasteiger partial charge in [-0.05, 0) is 43.5 Å². The number of allylic oxidation sites excluding steroid dienone is 2. The first-order valence-corrected chi connectivity index (χ1v) is 6.54. The van der Waals surface area contributed by atoms with E-state index >= 15 is 0 Å². The molecule has 0 heterocycles. The Morgan fingerprint density at radius 1 is 1.50 bits per heavy atom. The average molecular weight is 304 g/mol. The molecule has 0 spiro atoms. The minimum Gasteiger partial charge on any atom is -0.496 e. The second-order valence-corrected chi connectivity index (χ2v) is 4.95. The van der Waals surface area contributed by atoms with Crippen molar-refractivity contribution in [1.29, 1.82) is 0 Å². The molecule has 1 nitrogen and oxygen atoms in total. The quantitative estimate of drug-likeness (QED) is 0.571. The van der Waals surface area contributed by atoms with Crippen LogP contribution in [0.4, 0.5) is 0 Å². The molecule has 0 aromatic heterocycles. The Morgan fingerprint density at radius 2 is 2.25 bits per heavy atom. The summed E-state index contributed by atoms with van der Waals surface area (Å²) in [6.45, 7) is 2.12. The number of benzene rings is 1. The van der Waals surface area contributed by atoms with Crippen LogP contribution in [0.15, 0.2) is 34.3 Å². The Balaban J connectivity index is 2.82. The molecular formula is C13H16BrClO. The Bertz CT molecular complexity index is 374. The van der Waals surface area contributed by atoms with E-state index in [4.69, 9.17) is 16.3 Å². The van der Waals surface area contributed by atoms with E-state index in [0.29, 0.717) is 5.88 Å². The van der Waals surface area contributed by atoms with Gasteiger partial charge in [0.2, 0.25) is 0 Å². The molecule has 0 unspecified atom stereocenters. The first-order chi connectivity index (χ1) is 7.67. The summed E-state index contributed by atoms with van der Waals surface area (Å²) in [6, 6.07) is 6.06. The fourth-order valence-corrected chi connectivity index (χ4v) is 2.08. The van der Waals surface area contributed by atoms with Gasteiger partial charge in [0.05, 0.1) is 7.11 Å². The molecule has 0 radical (unpaired) electrons. The van der Waals surface area contributed by atoms with E-state index < -0.39 is 0 Å². The van der Waals surface area contributed by atoms with E-state index in [2.05, 4.69) is 35.0 Å². The molecule has 88 valence electrons. The maximum Gasteiger partial charge on any atom is 0.122 e. The van der Waals surface area contributed by atoms with Crippen LogP contribution in [0.3, 0.4) is 0 Å². The third-order valence-electron chi connectivity index (χ3n) is 2.31. The zero-order chi connectivity index (χ0) is 12.0. The smallest absolute Gasteiger partial charge is 0.122 e. The normalized spacial score (nSPS) is 11.6. The highest BCUT2D eigenvalue weighted by atomic mass is 79.9. The van der Waals surface area contributed by atoms with Crippen molar-refractivity contribution in [2.24, 2.45) is 0 Å². The zero-order valence-electron chi connectivity index (χ0n) is 9.59. The number of methoxy groups -OCH3 is 1. The third kappa shape index (κ3) is 4.18. The van der Waals surface area contributed by atoms with Gasteiger partial charge in [-0.15, -0.1) is 11.6 Å². The summed E-state index contributed by atoms with van der Waals surface area (Å²) >= 11 is 9.13. The number of hydrogen-bond acceptors (Lipinski definition) is 1. The summed E-state index contributed by atoms with van der Waals surface area (Å²) in [5, 5.41) is 0. The van der Waals surface area contributed by atoms with Crippen LogP contribution < -0.4 is 4.74 Å². The van der Waals surface area contributed by atoms with Crippen molar-refractivity contribution in [3.63, 3.8) is 0 Å². The highest BCUT2D eigenvalue weighted by Gasteiger charge is 2.04. The summed E-state index contributed by atoms with van der Waals surface area (Å²) in [5.41, 5.74) is 2.51. The third-order valence-corrected chi connectivity index (χ3v) is 3.03. The second-order valence-electron chi connectivity index (χ2n) is 3.66. The van der Waals surface area contributed by atoms with Gasteiger partial charge in [-0.25, -0.2) is 0 Å². The Labute approximate surface area is 111 Å². The molecule has 3 heteroatoms. The summed E-state index contributed by atoms with van der Waals surface area (Å²) in [5.74, 6) is 1.61. The van der Waals surface area contributed by atoms with Gasteiger partial charge in [0.15, 0.2) is 0 Å². The van der Waals surface area contributed by atoms with Crippen molar-refractivity contribution in [2.75, 3.05) is 13.0 Å². The largest absolute Gasteiger partial charge is 0.496 e. The van der Waals surface area contributed by atoms with Gasteiger partial charge in [-0.2, -0.15) is 0 Å². The van der Waals surface area contributed by atoms with Gasteiger partial charge in [0, 0.05) is 10.4 Å². The van der Waals surface area contributed by atoms with Crippen LogP contribution in [0.2, 0.25) is 0 Å². The monoisotopic (exact) mass is 302 g/mol. The van der Waals surface area contributed by atoms with Crippen molar-refractivity contribution >= 4 is 27.5 Å². The molecule has 0 fully saturated rings. The molecule has 16 heavy (non-hydrogen) atoms. The van der Waals surface area contributed by atoms with Gasteiger partial charge in [0.25, 0.3) is 0 Å². The van der Waals surface area contributed by atoms with E-state index in [9.17, 15) is 0 Å². The number of rotatable bonds is 5. The summed E-state index contributed by atoms with van der Waals surface area (Å²) in [7, 11) is 1.70. The van der Waals surface area contributed by atoms with E-state index in [0.717, 1.165) is 23.1 Å². The van der Waals surface area contributed by atoms with Crippen molar-refractivity contribution in [3.05, 3.63) is 39.9 Å². The molecule has 0 atom stereocenters. The lowest BCUT2D eigenvalue weighted by Crippen LogP contribution is -1.93. The van der Waals surface area contributed by atoms with Crippen LogP contribution in [-0.2, 0) is 6.42 Å². The molecule has 1 rings (SSSR count). The van der Waals surface area contributed by atoms with Crippen LogP contribution in [-0.4, -0.2) is 13.0 Å². The highest BCUT2D eigenvalue weighted by Crippen LogP contribution is 2.25. The maximum absolute atomic E-state index is 5.66. The van der Waals surface area contributed by atoms with Gasteiger partial charge >= 0.3 is 0 Å². The van der Waals surface area contributed by atoms with Crippen LogP contribution >= 0.6 is 27.5 Å². The lowest BCUT2D eigenvalue weighted by Gasteiger charge is -2.09. The average Bonchev–Trinajstić information content (AvgIpc) is 2.27. The zero-order valence-corrected chi connectivity index (χ0v) is 11.9. The predicted octanol–water partition coefficient (Wildman–Crippen LogP) is 4.58. The van der Waals surface area contributed by atoms with Gasteiger partial charge in [-0.3, -0.25) is 0 Å². The number of halogens is 2. The maximum atomic E-state index is 5.66. The van der Waals surface area contributed by atoms with Crippen LogP contribution in [0, 0.1) is 0 Å². The molecule has 0 amide bonds. The molecule has 0 saturated carbocycles. The van der Waals surface area contributed by atoms with Gasteiger partial charge in [0.1, 0.15) is 5.75 Å². The number of ether oxygens (including phenoxy) is 1. The molecule has 0 bridgehead atoms. The van der Waals surface area contributed by atoms with E-state index in [1.165, 1.54) is 11.1 Å². The van der Waals surface area contributed by atoms with Crippen LogP contribution in [0.1, 0.15) is 18.9 Å². The molecular weight excluding hydrogens is 287 g/mol.